The Morgan fingerprint density at radius 3 is 3.00 bits per heavy atom. The Labute approximate surface area is 92.0 Å². The molecule has 0 atom stereocenters. The van der Waals surface area contributed by atoms with Crippen LogP contribution in [-0.2, 0) is 6.54 Å². The molecule has 0 saturated heterocycles. The molecule has 1 heterocycles. The lowest BCUT2D eigenvalue weighted by molar-refractivity contribution is 0.386. The highest BCUT2D eigenvalue weighted by molar-refractivity contribution is 5.47. The fourth-order valence-electron chi connectivity index (χ4n) is 1.29. The summed E-state index contributed by atoms with van der Waals surface area (Å²) in [5, 5.41) is 6.61. The Kier molecular flexibility index (Phi) is 3.05. The molecule has 0 fully saturated rings. The molecule has 0 aliphatic heterocycles. The second kappa shape index (κ2) is 4.65. The van der Waals surface area contributed by atoms with Gasteiger partial charge in [0.15, 0.2) is 11.6 Å². The largest absolute Gasteiger partial charge is 0.494 e. The Balaban J connectivity index is 2.02. The van der Waals surface area contributed by atoms with E-state index in [0.29, 0.717) is 12.2 Å². The van der Waals surface area contributed by atoms with Gasteiger partial charge in [0.2, 0.25) is 0 Å². The molecule has 0 amide bonds. The number of hydrogen-bond acceptors (Lipinski definition) is 4. The first-order chi connectivity index (χ1) is 7.79. The molecule has 0 aliphatic carbocycles. The van der Waals surface area contributed by atoms with E-state index in [1.165, 1.54) is 19.4 Å². The molecular weight excluding hydrogens is 211 g/mol. The third-order valence-electron chi connectivity index (χ3n) is 2.13. The molecule has 5 heteroatoms. The van der Waals surface area contributed by atoms with Crippen LogP contribution in [0.1, 0.15) is 5.56 Å². The Bertz CT molecular complexity index is 457. The fraction of sp³-hybridized carbons (Fsp3) is 0.182. The van der Waals surface area contributed by atoms with E-state index in [4.69, 9.17) is 4.74 Å². The van der Waals surface area contributed by atoms with E-state index in [2.05, 4.69) is 15.0 Å². The van der Waals surface area contributed by atoms with Gasteiger partial charge in [0, 0.05) is 23.9 Å². The molecule has 0 bridgehead atoms. The van der Waals surface area contributed by atoms with Crippen LogP contribution in [0.15, 0.2) is 35.2 Å². The lowest BCUT2D eigenvalue weighted by Crippen LogP contribution is -1.99. The standard InChI is InChI=1S/C11H11FN2O2/c1-15-11-3-2-9(4-10(11)12)13-5-8-6-14-16-7-8/h2-4,6-7,13H,5H2,1H3. The maximum Gasteiger partial charge on any atom is 0.167 e. The Morgan fingerprint density at radius 2 is 2.38 bits per heavy atom. The van der Waals surface area contributed by atoms with Gasteiger partial charge in [-0.1, -0.05) is 5.16 Å². The van der Waals surface area contributed by atoms with Gasteiger partial charge in [0.1, 0.15) is 6.26 Å². The summed E-state index contributed by atoms with van der Waals surface area (Å²) in [4.78, 5) is 0. The van der Waals surface area contributed by atoms with E-state index in [1.807, 2.05) is 0 Å². The Morgan fingerprint density at radius 1 is 1.50 bits per heavy atom. The van der Waals surface area contributed by atoms with Crippen molar-refractivity contribution >= 4 is 5.69 Å². The van der Waals surface area contributed by atoms with Crippen molar-refractivity contribution in [3.05, 3.63) is 42.0 Å². The average Bonchev–Trinajstić information content (AvgIpc) is 2.79. The number of anilines is 1. The van der Waals surface area contributed by atoms with Crippen molar-refractivity contribution in [2.45, 2.75) is 6.54 Å². The summed E-state index contributed by atoms with van der Waals surface area (Å²) < 4.78 is 22.8. The van der Waals surface area contributed by atoms with Crippen LogP contribution in [-0.4, -0.2) is 12.3 Å². The molecular formula is C11H11FN2O2. The van der Waals surface area contributed by atoms with Crippen LogP contribution in [0, 0.1) is 5.82 Å². The minimum absolute atomic E-state index is 0.232. The molecule has 0 saturated carbocycles. The predicted octanol–water partition coefficient (Wildman–Crippen LogP) is 2.43. The van der Waals surface area contributed by atoms with Gasteiger partial charge in [-0.05, 0) is 12.1 Å². The minimum Gasteiger partial charge on any atom is -0.494 e. The van der Waals surface area contributed by atoms with Gasteiger partial charge in [0.05, 0.1) is 13.3 Å². The summed E-state index contributed by atoms with van der Waals surface area (Å²) in [6.07, 6.45) is 3.14. The topological polar surface area (TPSA) is 47.3 Å². The van der Waals surface area contributed by atoms with Crippen LogP contribution in [0.2, 0.25) is 0 Å². The average molecular weight is 222 g/mol. The minimum atomic E-state index is -0.391. The van der Waals surface area contributed by atoms with Crippen molar-refractivity contribution < 1.29 is 13.7 Å². The van der Waals surface area contributed by atoms with Crippen molar-refractivity contribution in [3.63, 3.8) is 0 Å². The van der Waals surface area contributed by atoms with E-state index in [1.54, 1.807) is 18.3 Å². The molecule has 0 unspecified atom stereocenters. The van der Waals surface area contributed by atoms with Crippen molar-refractivity contribution in [3.8, 4) is 5.75 Å². The van der Waals surface area contributed by atoms with Gasteiger partial charge in [-0.15, -0.1) is 0 Å². The summed E-state index contributed by atoms with van der Waals surface area (Å²) in [5.41, 5.74) is 1.58. The highest BCUT2D eigenvalue weighted by Gasteiger charge is 2.03. The lowest BCUT2D eigenvalue weighted by atomic mass is 10.2. The zero-order chi connectivity index (χ0) is 11.4. The molecule has 0 radical (unpaired) electrons. The maximum atomic E-state index is 13.3. The van der Waals surface area contributed by atoms with Gasteiger partial charge in [-0.3, -0.25) is 0 Å². The molecule has 0 spiro atoms. The number of rotatable bonds is 4. The van der Waals surface area contributed by atoms with Gasteiger partial charge in [-0.25, -0.2) is 4.39 Å². The van der Waals surface area contributed by atoms with E-state index >= 15 is 0 Å². The maximum absolute atomic E-state index is 13.3. The molecule has 1 aromatic carbocycles. The van der Waals surface area contributed by atoms with Crippen molar-refractivity contribution in [1.29, 1.82) is 0 Å². The summed E-state index contributed by atoms with van der Waals surface area (Å²) in [5.74, 6) is -0.159. The number of aromatic nitrogens is 1. The summed E-state index contributed by atoms with van der Waals surface area (Å²) in [7, 11) is 1.43. The van der Waals surface area contributed by atoms with Crippen molar-refractivity contribution in [1.82, 2.24) is 5.16 Å². The lowest BCUT2D eigenvalue weighted by Gasteiger charge is -2.06. The first-order valence-electron chi connectivity index (χ1n) is 4.75. The number of nitrogens with one attached hydrogen (secondary N) is 1. The number of ether oxygens (including phenoxy) is 1. The monoisotopic (exact) mass is 222 g/mol. The van der Waals surface area contributed by atoms with Crippen LogP contribution < -0.4 is 10.1 Å². The van der Waals surface area contributed by atoms with Gasteiger partial charge >= 0.3 is 0 Å². The molecule has 1 N–H and O–H groups in total. The van der Waals surface area contributed by atoms with Crippen LogP contribution in [0.25, 0.3) is 0 Å². The number of methoxy groups -OCH3 is 1. The summed E-state index contributed by atoms with van der Waals surface area (Å²) in [6.45, 7) is 0.537. The predicted molar refractivity (Wildman–Crippen MR) is 56.8 cm³/mol. The van der Waals surface area contributed by atoms with Crippen LogP contribution >= 0.6 is 0 Å². The first kappa shape index (κ1) is 10.5. The third-order valence-corrected chi connectivity index (χ3v) is 2.13. The highest BCUT2D eigenvalue weighted by Crippen LogP contribution is 2.20. The first-order valence-corrected chi connectivity index (χ1v) is 4.75. The van der Waals surface area contributed by atoms with Crippen LogP contribution in [0.4, 0.5) is 10.1 Å². The smallest absolute Gasteiger partial charge is 0.167 e. The second-order valence-electron chi connectivity index (χ2n) is 3.24. The molecule has 2 aromatic rings. The zero-order valence-corrected chi connectivity index (χ0v) is 8.74. The molecule has 4 nitrogen and oxygen atoms in total. The van der Waals surface area contributed by atoms with E-state index < -0.39 is 5.82 Å². The fourth-order valence-corrected chi connectivity index (χ4v) is 1.29. The highest BCUT2D eigenvalue weighted by atomic mass is 19.1. The zero-order valence-electron chi connectivity index (χ0n) is 8.74. The van der Waals surface area contributed by atoms with E-state index in [9.17, 15) is 4.39 Å². The molecule has 84 valence electrons. The van der Waals surface area contributed by atoms with Crippen LogP contribution in [0.3, 0.4) is 0 Å². The van der Waals surface area contributed by atoms with Crippen molar-refractivity contribution in [2.75, 3.05) is 12.4 Å². The number of benzene rings is 1. The second-order valence-corrected chi connectivity index (χ2v) is 3.24. The molecule has 2 rings (SSSR count). The normalized spacial score (nSPS) is 10.1. The van der Waals surface area contributed by atoms with Gasteiger partial charge < -0.3 is 14.6 Å². The third kappa shape index (κ3) is 2.31. The SMILES string of the molecule is COc1ccc(NCc2cnoc2)cc1F. The van der Waals surface area contributed by atoms with Crippen molar-refractivity contribution in [2.24, 2.45) is 0 Å². The Hall–Kier alpha value is -2.04. The van der Waals surface area contributed by atoms with E-state index in [-0.39, 0.29) is 5.75 Å². The summed E-state index contributed by atoms with van der Waals surface area (Å²) in [6, 6.07) is 4.70. The molecule has 0 aliphatic rings. The molecule has 16 heavy (non-hydrogen) atoms. The quantitative estimate of drug-likeness (QED) is 0.863. The van der Waals surface area contributed by atoms with E-state index in [0.717, 1.165) is 5.56 Å². The number of halogens is 1. The van der Waals surface area contributed by atoms with Gasteiger partial charge in [-0.2, -0.15) is 0 Å². The van der Waals surface area contributed by atoms with Crippen LogP contribution in [0.5, 0.6) is 5.75 Å². The summed E-state index contributed by atoms with van der Waals surface area (Å²) >= 11 is 0. The molecule has 1 aromatic heterocycles. The van der Waals surface area contributed by atoms with Gasteiger partial charge in [0.25, 0.3) is 0 Å². The number of nitrogens with zero attached hydrogens (tertiary/aromatic N) is 1. The number of hydrogen-bond donors (Lipinski definition) is 1.